The van der Waals surface area contributed by atoms with Crippen molar-refractivity contribution in [1.29, 1.82) is 0 Å². The fourth-order valence-corrected chi connectivity index (χ4v) is 4.27. The summed E-state index contributed by atoms with van der Waals surface area (Å²) in [6.07, 6.45) is 1.51. The SMILES string of the molecule is CCn1cc(S(=O)(=O)Nc2c(C)nn(Cc3ccccc3F)c2C)c(C)n1. The molecule has 0 saturated carbocycles. The van der Waals surface area contributed by atoms with Gasteiger partial charge in [-0.25, -0.2) is 12.8 Å². The molecule has 3 aromatic rings. The van der Waals surface area contributed by atoms with Crippen LogP contribution in [0, 0.1) is 26.6 Å². The predicted molar refractivity (Wildman–Crippen MR) is 101 cm³/mol. The number of rotatable bonds is 6. The Labute approximate surface area is 157 Å². The summed E-state index contributed by atoms with van der Waals surface area (Å²) in [6, 6.07) is 6.44. The van der Waals surface area contributed by atoms with Crippen LogP contribution in [0.15, 0.2) is 35.4 Å². The van der Waals surface area contributed by atoms with E-state index in [2.05, 4.69) is 14.9 Å². The van der Waals surface area contributed by atoms with Crippen molar-refractivity contribution in [1.82, 2.24) is 19.6 Å². The first-order valence-electron chi connectivity index (χ1n) is 8.57. The molecule has 0 radical (unpaired) electrons. The molecule has 144 valence electrons. The van der Waals surface area contributed by atoms with E-state index >= 15 is 0 Å². The van der Waals surface area contributed by atoms with Gasteiger partial charge in [-0.3, -0.25) is 14.1 Å². The van der Waals surface area contributed by atoms with E-state index in [4.69, 9.17) is 0 Å². The Morgan fingerprint density at radius 1 is 1.11 bits per heavy atom. The molecule has 1 N–H and O–H groups in total. The molecule has 0 fully saturated rings. The molecule has 0 saturated heterocycles. The van der Waals surface area contributed by atoms with Crippen LogP contribution in [-0.4, -0.2) is 28.0 Å². The number of nitrogens with one attached hydrogen (secondary N) is 1. The van der Waals surface area contributed by atoms with Gasteiger partial charge in [0.15, 0.2) is 0 Å². The first kappa shape index (κ1) is 19.1. The fraction of sp³-hybridized carbons (Fsp3) is 0.333. The quantitative estimate of drug-likeness (QED) is 0.700. The highest BCUT2D eigenvalue weighted by Gasteiger charge is 2.24. The molecule has 1 aromatic carbocycles. The fourth-order valence-electron chi connectivity index (χ4n) is 2.90. The zero-order valence-electron chi connectivity index (χ0n) is 15.7. The van der Waals surface area contributed by atoms with Crippen LogP contribution in [0.3, 0.4) is 0 Å². The minimum Gasteiger partial charge on any atom is -0.276 e. The number of halogens is 1. The maximum Gasteiger partial charge on any atom is 0.265 e. The van der Waals surface area contributed by atoms with Crippen LogP contribution >= 0.6 is 0 Å². The van der Waals surface area contributed by atoms with Gasteiger partial charge in [0.25, 0.3) is 10.0 Å². The lowest BCUT2D eigenvalue weighted by molar-refractivity contribution is 0.579. The van der Waals surface area contributed by atoms with E-state index in [0.29, 0.717) is 34.9 Å². The largest absolute Gasteiger partial charge is 0.276 e. The Bertz CT molecular complexity index is 1090. The summed E-state index contributed by atoms with van der Waals surface area (Å²) in [7, 11) is -3.81. The smallest absolute Gasteiger partial charge is 0.265 e. The summed E-state index contributed by atoms with van der Waals surface area (Å²) in [6.45, 7) is 7.80. The maximum atomic E-state index is 13.9. The molecule has 2 heterocycles. The third kappa shape index (κ3) is 3.73. The molecule has 2 aromatic heterocycles. The lowest BCUT2D eigenvalue weighted by Gasteiger charge is -2.09. The number of hydrogen-bond donors (Lipinski definition) is 1. The Balaban J connectivity index is 1.92. The van der Waals surface area contributed by atoms with E-state index in [9.17, 15) is 12.8 Å². The van der Waals surface area contributed by atoms with Gasteiger partial charge in [-0.2, -0.15) is 10.2 Å². The number of sulfonamides is 1. The van der Waals surface area contributed by atoms with Crippen molar-refractivity contribution in [3.8, 4) is 0 Å². The first-order valence-corrected chi connectivity index (χ1v) is 10.1. The molecule has 0 aliphatic heterocycles. The van der Waals surface area contributed by atoms with Gasteiger partial charge in [-0.15, -0.1) is 0 Å². The summed E-state index contributed by atoms with van der Waals surface area (Å²) >= 11 is 0. The second kappa shape index (κ2) is 7.15. The van der Waals surface area contributed by atoms with Crippen molar-refractivity contribution in [2.45, 2.75) is 45.7 Å². The van der Waals surface area contributed by atoms with Crippen LogP contribution in [0.4, 0.5) is 10.1 Å². The maximum absolute atomic E-state index is 13.9. The zero-order chi connectivity index (χ0) is 19.8. The lowest BCUT2D eigenvalue weighted by atomic mass is 10.2. The molecule has 0 bridgehead atoms. The van der Waals surface area contributed by atoms with Gasteiger partial charge < -0.3 is 0 Å². The second-order valence-electron chi connectivity index (χ2n) is 6.33. The van der Waals surface area contributed by atoms with Crippen molar-refractivity contribution in [3.05, 3.63) is 58.9 Å². The van der Waals surface area contributed by atoms with E-state index in [-0.39, 0.29) is 17.3 Å². The Morgan fingerprint density at radius 2 is 1.81 bits per heavy atom. The molecule has 7 nitrogen and oxygen atoms in total. The summed E-state index contributed by atoms with van der Waals surface area (Å²) in [5.74, 6) is -0.324. The highest BCUT2D eigenvalue weighted by molar-refractivity contribution is 7.92. The number of aryl methyl sites for hydroxylation is 3. The van der Waals surface area contributed by atoms with Crippen LogP contribution < -0.4 is 4.72 Å². The first-order chi connectivity index (χ1) is 12.7. The number of hydrogen-bond acceptors (Lipinski definition) is 4. The Kier molecular flexibility index (Phi) is 5.05. The average molecular weight is 391 g/mol. The van der Waals surface area contributed by atoms with E-state index < -0.39 is 10.0 Å². The van der Waals surface area contributed by atoms with Crippen molar-refractivity contribution >= 4 is 15.7 Å². The van der Waals surface area contributed by atoms with Crippen molar-refractivity contribution < 1.29 is 12.8 Å². The van der Waals surface area contributed by atoms with Crippen molar-refractivity contribution in [2.24, 2.45) is 0 Å². The standard InChI is InChI=1S/C18H22FN5O2S/c1-5-23-11-17(12(2)20-23)27(25,26)22-18-13(3)21-24(14(18)4)10-15-8-6-7-9-16(15)19/h6-9,11,22H,5,10H2,1-4H3. The molecule has 0 atom stereocenters. The van der Waals surface area contributed by atoms with E-state index in [1.807, 2.05) is 6.92 Å². The van der Waals surface area contributed by atoms with E-state index in [1.165, 1.54) is 12.3 Å². The molecular formula is C18H22FN5O2S. The number of benzene rings is 1. The molecule has 0 aliphatic rings. The van der Waals surface area contributed by atoms with Gasteiger partial charge in [0, 0.05) is 18.3 Å². The average Bonchev–Trinajstić information content (AvgIpc) is 3.12. The van der Waals surface area contributed by atoms with Crippen LogP contribution in [0.25, 0.3) is 0 Å². The van der Waals surface area contributed by atoms with Gasteiger partial charge in [0.1, 0.15) is 10.7 Å². The highest BCUT2D eigenvalue weighted by Crippen LogP contribution is 2.25. The lowest BCUT2D eigenvalue weighted by Crippen LogP contribution is -2.15. The minimum absolute atomic E-state index is 0.130. The normalized spacial score (nSPS) is 11.7. The third-order valence-electron chi connectivity index (χ3n) is 4.41. The van der Waals surface area contributed by atoms with Crippen LogP contribution in [0.2, 0.25) is 0 Å². The molecule has 0 spiro atoms. The van der Waals surface area contributed by atoms with Crippen LogP contribution in [-0.2, 0) is 23.1 Å². The number of anilines is 1. The van der Waals surface area contributed by atoms with E-state index in [1.54, 1.807) is 48.3 Å². The zero-order valence-corrected chi connectivity index (χ0v) is 16.5. The van der Waals surface area contributed by atoms with Gasteiger partial charge in [0.05, 0.1) is 29.3 Å². The summed E-state index contributed by atoms with van der Waals surface area (Å²) < 4.78 is 45.3. The second-order valence-corrected chi connectivity index (χ2v) is 7.99. The number of nitrogens with zero attached hydrogens (tertiary/aromatic N) is 4. The summed E-state index contributed by atoms with van der Waals surface area (Å²) in [4.78, 5) is 0.130. The predicted octanol–water partition coefficient (Wildman–Crippen LogP) is 3.01. The van der Waals surface area contributed by atoms with Gasteiger partial charge in [0.2, 0.25) is 0 Å². The van der Waals surface area contributed by atoms with Crippen molar-refractivity contribution in [2.75, 3.05) is 4.72 Å². The summed E-state index contributed by atoms with van der Waals surface area (Å²) in [5, 5.41) is 8.56. The minimum atomic E-state index is -3.81. The molecule has 3 rings (SSSR count). The molecule has 0 aliphatic carbocycles. The Morgan fingerprint density at radius 3 is 2.44 bits per heavy atom. The topological polar surface area (TPSA) is 81.8 Å². The molecule has 9 heteroatoms. The van der Waals surface area contributed by atoms with Crippen LogP contribution in [0.5, 0.6) is 0 Å². The highest BCUT2D eigenvalue weighted by atomic mass is 32.2. The van der Waals surface area contributed by atoms with E-state index in [0.717, 1.165) is 0 Å². The molecule has 27 heavy (non-hydrogen) atoms. The molecular weight excluding hydrogens is 369 g/mol. The van der Waals surface area contributed by atoms with Gasteiger partial charge >= 0.3 is 0 Å². The van der Waals surface area contributed by atoms with Crippen LogP contribution in [0.1, 0.15) is 29.6 Å². The molecule has 0 unspecified atom stereocenters. The third-order valence-corrected chi connectivity index (χ3v) is 5.86. The molecule has 0 amide bonds. The van der Waals surface area contributed by atoms with Crippen molar-refractivity contribution in [3.63, 3.8) is 0 Å². The number of aromatic nitrogens is 4. The Hall–Kier alpha value is -2.68. The van der Waals surface area contributed by atoms with Gasteiger partial charge in [-0.1, -0.05) is 18.2 Å². The van der Waals surface area contributed by atoms with Gasteiger partial charge in [-0.05, 0) is 33.8 Å². The monoisotopic (exact) mass is 391 g/mol. The summed E-state index contributed by atoms with van der Waals surface area (Å²) in [5.41, 5.74) is 2.44.